The highest BCUT2D eigenvalue weighted by Crippen LogP contribution is 2.31. The maximum atomic E-state index is 12.7. The second-order valence-electron chi connectivity index (χ2n) is 7.12. The van der Waals surface area contributed by atoms with Gasteiger partial charge in [0.2, 0.25) is 0 Å². The van der Waals surface area contributed by atoms with Crippen molar-refractivity contribution in [1.29, 1.82) is 0 Å². The molecule has 6 nitrogen and oxygen atoms in total. The first-order chi connectivity index (χ1) is 14.9. The summed E-state index contributed by atoms with van der Waals surface area (Å²) in [6, 6.07) is 13.5. The minimum Gasteiger partial charge on any atom is -0.466 e. The first-order valence-electron chi connectivity index (χ1n) is 10.0. The molecule has 162 valence electrons. The molecule has 31 heavy (non-hydrogen) atoms. The molecular formula is C24H23ClO6. The van der Waals surface area contributed by atoms with Crippen LogP contribution in [0.4, 0.5) is 0 Å². The molecule has 3 rings (SSSR count). The Balaban J connectivity index is 1.92. The van der Waals surface area contributed by atoms with Crippen LogP contribution < -0.4 is 10.4 Å². The Hall–Kier alpha value is -3.12. The van der Waals surface area contributed by atoms with E-state index in [0.717, 1.165) is 12.0 Å². The topological polar surface area (TPSA) is 82.8 Å². The Labute approximate surface area is 184 Å². The van der Waals surface area contributed by atoms with Crippen LogP contribution in [-0.2, 0) is 20.7 Å². The summed E-state index contributed by atoms with van der Waals surface area (Å²) in [6.07, 6.45) is 1.15. The van der Waals surface area contributed by atoms with Crippen molar-refractivity contribution >= 4 is 34.5 Å². The van der Waals surface area contributed by atoms with Crippen LogP contribution in [0.1, 0.15) is 41.8 Å². The molecule has 0 radical (unpaired) electrons. The predicted octanol–water partition coefficient (Wildman–Crippen LogP) is 4.87. The lowest BCUT2D eigenvalue weighted by Crippen LogP contribution is -2.16. The molecule has 0 N–H and O–H groups in total. The van der Waals surface area contributed by atoms with E-state index in [-0.39, 0.29) is 30.1 Å². The summed E-state index contributed by atoms with van der Waals surface area (Å²) in [5.41, 5.74) is 1.72. The molecule has 1 atom stereocenters. The molecule has 3 aromatic rings. The molecule has 0 aliphatic carbocycles. The maximum absolute atomic E-state index is 12.7. The SMILES string of the molecule is CCCOC(=O)CCc1cc2c(C)cc(=O)oc2cc1OC(=O)C(Cl)c1ccccc1. The molecule has 0 amide bonds. The quantitative estimate of drug-likeness (QED) is 0.214. The van der Waals surface area contributed by atoms with Gasteiger partial charge in [0.25, 0.3) is 0 Å². The molecule has 0 aliphatic rings. The van der Waals surface area contributed by atoms with Gasteiger partial charge in [0, 0.05) is 23.9 Å². The van der Waals surface area contributed by atoms with Gasteiger partial charge in [-0.15, -0.1) is 11.6 Å². The summed E-state index contributed by atoms with van der Waals surface area (Å²) in [5, 5.41) is -0.314. The van der Waals surface area contributed by atoms with Crippen LogP contribution in [-0.4, -0.2) is 18.5 Å². The highest BCUT2D eigenvalue weighted by molar-refractivity contribution is 6.30. The number of carbonyl (C=O) groups is 2. The van der Waals surface area contributed by atoms with Gasteiger partial charge in [-0.25, -0.2) is 9.59 Å². The molecule has 0 spiro atoms. The van der Waals surface area contributed by atoms with E-state index >= 15 is 0 Å². The van der Waals surface area contributed by atoms with Crippen LogP contribution in [0, 0.1) is 6.92 Å². The van der Waals surface area contributed by atoms with Gasteiger partial charge in [-0.1, -0.05) is 37.3 Å². The Morgan fingerprint density at radius 1 is 1.13 bits per heavy atom. The van der Waals surface area contributed by atoms with Crippen LogP contribution >= 0.6 is 11.6 Å². The van der Waals surface area contributed by atoms with Crippen LogP contribution in [0.15, 0.2) is 57.7 Å². The van der Waals surface area contributed by atoms with Crippen molar-refractivity contribution in [2.45, 2.75) is 38.5 Å². The van der Waals surface area contributed by atoms with Gasteiger partial charge < -0.3 is 13.9 Å². The van der Waals surface area contributed by atoms with Crippen molar-refractivity contribution in [1.82, 2.24) is 0 Å². The normalized spacial score (nSPS) is 11.8. The van der Waals surface area contributed by atoms with E-state index in [1.165, 1.54) is 12.1 Å². The second-order valence-corrected chi connectivity index (χ2v) is 7.56. The van der Waals surface area contributed by atoms with Crippen LogP contribution in [0.3, 0.4) is 0 Å². The molecule has 0 bridgehead atoms. The molecule has 2 aromatic carbocycles. The monoisotopic (exact) mass is 442 g/mol. The third kappa shape index (κ3) is 5.73. The molecule has 0 aliphatic heterocycles. The lowest BCUT2D eigenvalue weighted by molar-refractivity contribution is -0.143. The van der Waals surface area contributed by atoms with E-state index in [0.29, 0.717) is 23.1 Å². The van der Waals surface area contributed by atoms with Gasteiger partial charge >= 0.3 is 17.6 Å². The van der Waals surface area contributed by atoms with E-state index < -0.39 is 17.0 Å². The minimum absolute atomic E-state index is 0.120. The molecule has 0 saturated carbocycles. The number of benzene rings is 2. The molecule has 1 unspecified atom stereocenters. The van der Waals surface area contributed by atoms with Crippen LogP contribution in [0.25, 0.3) is 11.0 Å². The van der Waals surface area contributed by atoms with Gasteiger partial charge in [-0.3, -0.25) is 4.79 Å². The highest BCUT2D eigenvalue weighted by atomic mass is 35.5. The van der Waals surface area contributed by atoms with Gasteiger partial charge in [0.1, 0.15) is 11.3 Å². The van der Waals surface area contributed by atoms with Crippen LogP contribution in [0.2, 0.25) is 0 Å². The smallest absolute Gasteiger partial charge is 0.336 e. The fourth-order valence-electron chi connectivity index (χ4n) is 3.12. The minimum atomic E-state index is -1.01. The Bertz CT molecular complexity index is 1140. The van der Waals surface area contributed by atoms with Crippen molar-refractivity contribution < 1.29 is 23.5 Å². The number of carbonyl (C=O) groups excluding carboxylic acids is 2. The van der Waals surface area contributed by atoms with E-state index in [1.807, 2.05) is 13.0 Å². The summed E-state index contributed by atoms with van der Waals surface area (Å²) in [6.45, 7) is 4.06. The number of halogens is 1. The predicted molar refractivity (Wildman–Crippen MR) is 117 cm³/mol. The highest BCUT2D eigenvalue weighted by Gasteiger charge is 2.22. The molecular weight excluding hydrogens is 420 g/mol. The summed E-state index contributed by atoms with van der Waals surface area (Å²) in [4.78, 5) is 36.4. The number of fused-ring (bicyclic) bond motifs is 1. The van der Waals surface area contributed by atoms with E-state index in [1.54, 1.807) is 37.3 Å². The van der Waals surface area contributed by atoms with Crippen molar-refractivity contribution in [2.75, 3.05) is 6.61 Å². The molecule has 0 saturated heterocycles. The zero-order valence-corrected chi connectivity index (χ0v) is 18.1. The van der Waals surface area contributed by atoms with Gasteiger partial charge in [0.05, 0.1) is 6.61 Å². The molecule has 1 heterocycles. The number of alkyl halides is 1. The standard InChI is InChI=1S/C24H23ClO6/c1-3-11-29-21(26)10-9-17-13-18-15(2)12-22(27)30-20(18)14-19(17)31-24(28)23(25)16-7-5-4-6-8-16/h4-8,12-14,23H,3,9-11H2,1-2H3. The van der Waals surface area contributed by atoms with Crippen molar-refractivity contribution in [2.24, 2.45) is 0 Å². The van der Waals surface area contributed by atoms with Crippen molar-refractivity contribution in [3.63, 3.8) is 0 Å². The lowest BCUT2D eigenvalue weighted by Gasteiger charge is -2.14. The molecule has 0 fully saturated rings. The van der Waals surface area contributed by atoms with Gasteiger partial charge in [-0.2, -0.15) is 0 Å². The maximum Gasteiger partial charge on any atom is 0.336 e. The molecule has 7 heteroatoms. The summed E-state index contributed by atoms with van der Waals surface area (Å²) >= 11 is 6.29. The third-order valence-electron chi connectivity index (χ3n) is 4.71. The second kappa shape index (κ2) is 10.3. The van der Waals surface area contributed by atoms with Crippen molar-refractivity contribution in [3.05, 3.63) is 75.6 Å². The fourth-order valence-corrected chi connectivity index (χ4v) is 3.31. The first kappa shape index (κ1) is 22.6. The Kier molecular flexibility index (Phi) is 7.47. The Morgan fingerprint density at radius 2 is 1.87 bits per heavy atom. The fraction of sp³-hybridized carbons (Fsp3) is 0.292. The van der Waals surface area contributed by atoms with E-state index in [4.69, 9.17) is 25.5 Å². The number of hydrogen-bond donors (Lipinski definition) is 0. The summed E-state index contributed by atoms with van der Waals surface area (Å²) in [5.74, 6) is -0.816. The average molecular weight is 443 g/mol. The van der Waals surface area contributed by atoms with Gasteiger partial charge in [0.15, 0.2) is 5.38 Å². The number of rotatable bonds is 8. The molecule has 1 aromatic heterocycles. The van der Waals surface area contributed by atoms with E-state index in [2.05, 4.69) is 0 Å². The zero-order chi connectivity index (χ0) is 22.4. The average Bonchev–Trinajstić information content (AvgIpc) is 2.76. The number of esters is 2. The largest absolute Gasteiger partial charge is 0.466 e. The zero-order valence-electron chi connectivity index (χ0n) is 17.4. The number of aryl methyl sites for hydroxylation is 2. The lowest BCUT2D eigenvalue weighted by atomic mass is 10.0. The van der Waals surface area contributed by atoms with Crippen LogP contribution in [0.5, 0.6) is 5.75 Å². The first-order valence-corrected chi connectivity index (χ1v) is 10.5. The number of hydrogen-bond acceptors (Lipinski definition) is 6. The third-order valence-corrected chi connectivity index (χ3v) is 5.14. The summed E-state index contributed by atoms with van der Waals surface area (Å²) in [7, 11) is 0. The Morgan fingerprint density at radius 3 is 2.58 bits per heavy atom. The van der Waals surface area contributed by atoms with E-state index in [9.17, 15) is 14.4 Å². The summed E-state index contributed by atoms with van der Waals surface area (Å²) < 4.78 is 16.0. The van der Waals surface area contributed by atoms with Gasteiger partial charge in [-0.05, 0) is 42.5 Å². The van der Waals surface area contributed by atoms with Crippen molar-refractivity contribution in [3.8, 4) is 5.75 Å². The number of ether oxygens (including phenoxy) is 2.